The van der Waals surface area contributed by atoms with Gasteiger partial charge in [0, 0.05) is 6.04 Å². The van der Waals surface area contributed by atoms with Gasteiger partial charge in [-0.15, -0.1) is 0 Å². The smallest absolute Gasteiger partial charge is 0.330 e. The van der Waals surface area contributed by atoms with Crippen LogP contribution in [0.3, 0.4) is 0 Å². The van der Waals surface area contributed by atoms with Gasteiger partial charge in [-0.25, -0.2) is 4.79 Å². The number of ether oxygens (including phenoxy) is 1. The van der Waals surface area contributed by atoms with Crippen LogP contribution in [0.2, 0.25) is 0 Å². The molecule has 0 saturated heterocycles. The summed E-state index contributed by atoms with van der Waals surface area (Å²) in [5, 5.41) is 3.34. The van der Waals surface area contributed by atoms with E-state index in [0.29, 0.717) is 12.5 Å². The SMILES string of the molecule is CCOC(=O)C(C)(NC(C)C)c1ccc(CC(C)C)cc1. The molecule has 0 bridgehead atoms. The minimum atomic E-state index is -0.805. The van der Waals surface area contributed by atoms with Crippen LogP contribution in [-0.4, -0.2) is 18.6 Å². The maximum atomic E-state index is 12.4. The lowest BCUT2D eigenvalue weighted by Crippen LogP contribution is -2.50. The molecule has 0 aliphatic heterocycles. The topological polar surface area (TPSA) is 38.3 Å². The van der Waals surface area contributed by atoms with E-state index in [1.807, 2.05) is 39.8 Å². The van der Waals surface area contributed by atoms with Crippen LogP contribution in [0.15, 0.2) is 24.3 Å². The summed E-state index contributed by atoms with van der Waals surface area (Å²) in [6, 6.07) is 8.47. The van der Waals surface area contributed by atoms with Gasteiger partial charge in [0.2, 0.25) is 0 Å². The molecular formula is C18H29NO2. The number of nitrogens with one attached hydrogen (secondary N) is 1. The average Bonchev–Trinajstić information content (AvgIpc) is 2.38. The molecule has 1 atom stereocenters. The van der Waals surface area contributed by atoms with Gasteiger partial charge in [-0.2, -0.15) is 0 Å². The molecule has 1 N–H and O–H groups in total. The van der Waals surface area contributed by atoms with Crippen LogP contribution in [0.4, 0.5) is 0 Å². The molecule has 0 saturated carbocycles. The first kappa shape index (κ1) is 17.7. The van der Waals surface area contributed by atoms with E-state index in [1.54, 1.807) is 0 Å². The highest BCUT2D eigenvalue weighted by Crippen LogP contribution is 2.24. The van der Waals surface area contributed by atoms with Gasteiger partial charge in [-0.05, 0) is 51.2 Å². The van der Waals surface area contributed by atoms with E-state index in [0.717, 1.165) is 12.0 Å². The Morgan fingerprint density at radius 1 is 1.19 bits per heavy atom. The normalized spacial score (nSPS) is 14.3. The van der Waals surface area contributed by atoms with Crippen LogP contribution >= 0.6 is 0 Å². The van der Waals surface area contributed by atoms with E-state index >= 15 is 0 Å². The molecule has 1 aromatic rings. The van der Waals surface area contributed by atoms with Gasteiger partial charge in [0.25, 0.3) is 0 Å². The third kappa shape index (κ3) is 4.85. The zero-order valence-electron chi connectivity index (χ0n) is 14.2. The standard InChI is InChI=1S/C18H29NO2/c1-7-21-17(20)18(6,19-14(4)5)16-10-8-15(9-11-16)12-13(2)3/h8-11,13-14,19H,7,12H2,1-6H3. The van der Waals surface area contributed by atoms with Crippen molar-refractivity contribution < 1.29 is 9.53 Å². The molecule has 118 valence electrons. The minimum absolute atomic E-state index is 0.190. The number of hydrogen-bond donors (Lipinski definition) is 1. The van der Waals surface area contributed by atoms with Gasteiger partial charge < -0.3 is 4.74 Å². The Morgan fingerprint density at radius 3 is 2.19 bits per heavy atom. The van der Waals surface area contributed by atoms with E-state index in [4.69, 9.17) is 4.74 Å². The van der Waals surface area contributed by atoms with Crippen LogP contribution in [0.1, 0.15) is 52.7 Å². The highest BCUT2D eigenvalue weighted by Gasteiger charge is 2.37. The van der Waals surface area contributed by atoms with E-state index in [2.05, 4.69) is 31.3 Å². The maximum Gasteiger partial charge on any atom is 0.330 e. The predicted octanol–water partition coefficient (Wildman–Crippen LogP) is 3.66. The molecule has 0 heterocycles. The summed E-state index contributed by atoms with van der Waals surface area (Å²) < 4.78 is 5.26. The van der Waals surface area contributed by atoms with Crippen molar-refractivity contribution in [2.45, 2.75) is 59.5 Å². The Kier molecular flexibility index (Phi) is 6.41. The third-order valence-corrected chi connectivity index (χ3v) is 3.44. The summed E-state index contributed by atoms with van der Waals surface area (Å²) in [5.74, 6) is 0.399. The Morgan fingerprint density at radius 2 is 1.76 bits per heavy atom. The van der Waals surface area contributed by atoms with Crippen molar-refractivity contribution in [1.29, 1.82) is 0 Å². The lowest BCUT2D eigenvalue weighted by Gasteiger charge is -2.31. The molecular weight excluding hydrogens is 262 g/mol. The monoisotopic (exact) mass is 291 g/mol. The molecule has 3 nitrogen and oxygen atoms in total. The average molecular weight is 291 g/mol. The summed E-state index contributed by atoms with van der Waals surface area (Å²) >= 11 is 0. The fourth-order valence-electron chi connectivity index (χ4n) is 2.56. The zero-order valence-corrected chi connectivity index (χ0v) is 14.2. The quantitative estimate of drug-likeness (QED) is 0.779. The second-order valence-electron chi connectivity index (χ2n) is 6.44. The van der Waals surface area contributed by atoms with E-state index in [9.17, 15) is 4.79 Å². The Bertz CT molecular complexity index is 451. The van der Waals surface area contributed by atoms with Gasteiger partial charge in [0.15, 0.2) is 0 Å². The zero-order chi connectivity index (χ0) is 16.0. The number of hydrogen-bond acceptors (Lipinski definition) is 3. The molecule has 0 aliphatic rings. The first-order chi connectivity index (χ1) is 9.79. The lowest BCUT2D eigenvalue weighted by atomic mass is 9.89. The predicted molar refractivity (Wildman–Crippen MR) is 87.2 cm³/mol. The second kappa shape index (κ2) is 7.60. The van der Waals surface area contributed by atoms with Crippen LogP contribution < -0.4 is 5.32 Å². The first-order valence-corrected chi connectivity index (χ1v) is 7.84. The highest BCUT2D eigenvalue weighted by molar-refractivity contribution is 5.82. The van der Waals surface area contributed by atoms with Crippen LogP contribution in [0, 0.1) is 5.92 Å². The number of benzene rings is 1. The summed E-state index contributed by atoms with van der Waals surface area (Å²) in [4.78, 5) is 12.4. The lowest BCUT2D eigenvalue weighted by molar-refractivity contribution is -0.151. The van der Waals surface area contributed by atoms with Crippen LogP contribution in [-0.2, 0) is 21.5 Å². The van der Waals surface area contributed by atoms with Gasteiger partial charge in [-0.3, -0.25) is 5.32 Å². The van der Waals surface area contributed by atoms with Gasteiger partial charge in [-0.1, -0.05) is 38.1 Å². The van der Waals surface area contributed by atoms with Crippen molar-refractivity contribution in [3.63, 3.8) is 0 Å². The molecule has 0 spiro atoms. The van der Waals surface area contributed by atoms with Crippen LogP contribution in [0.5, 0.6) is 0 Å². The van der Waals surface area contributed by atoms with Gasteiger partial charge in [0.1, 0.15) is 5.54 Å². The number of rotatable bonds is 7. The molecule has 21 heavy (non-hydrogen) atoms. The Hall–Kier alpha value is -1.35. The summed E-state index contributed by atoms with van der Waals surface area (Å²) in [7, 11) is 0. The largest absolute Gasteiger partial charge is 0.464 e. The van der Waals surface area contributed by atoms with Crippen molar-refractivity contribution in [2.75, 3.05) is 6.61 Å². The van der Waals surface area contributed by atoms with Crippen LogP contribution in [0.25, 0.3) is 0 Å². The molecule has 3 heteroatoms. The third-order valence-electron chi connectivity index (χ3n) is 3.44. The first-order valence-electron chi connectivity index (χ1n) is 7.84. The van der Waals surface area contributed by atoms with Crippen molar-refractivity contribution >= 4 is 5.97 Å². The fourth-order valence-corrected chi connectivity index (χ4v) is 2.56. The Labute approximate surface area is 129 Å². The van der Waals surface area contributed by atoms with E-state index in [-0.39, 0.29) is 12.0 Å². The van der Waals surface area contributed by atoms with Gasteiger partial charge >= 0.3 is 5.97 Å². The highest BCUT2D eigenvalue weighted by atomic mass is 16.5. The second-order valence-corrected chi connectivity index (χ2v) is 6.44. The molecule has 1 rings (SSSR count). The number of carbonyl (C=O) groups is 1. The molecule has 0 aliphatic carbocycles. The fraction of sp³-hybridized carbons (Fsp3) is 0.611. The number of esters is 1. The summed E-state index contributed by atoms with van der Waals surface area (Å²) in [5.41, 5.74) is 1.44. The van der Waals surface area contributed by atoms with Gasteiger partial charge in [0.05, 0.1) is 6.61 Å². The van der Waals surface area contributed by atoms with Crippen molar-refractivity contribution in [1.82, 2.24) is 5.32 Å². The summed E-state index contributed by atoms with van der Waals surface area (Å²) in [6.45, 7) is 12.6. The molecule has 1 unspecified atom stereocenters. The molecule has 0 fully saturated rings. The minimum Gasteiger partial charge on any atom is -0.464 e. The Balaban J connectivity index is 3.05. The van der Waals surface area contributed by atoms with Crippen molar-refractivity contribution in [2.24, 2.45) is 5.92 Å². The van der Waals surface area contributed by atoms with E-state index < -0.39 is 5.54 Å². The molecule has 0 amide bonds. The van der Waals surface area contributed by atoms with E-state index in [1.165, 1.54) is 5.56 Å². The molecule has 0 radical (unpaired) electrons. The molecule has 1 aromatic carbocycles. The number of carbonyl (C=O) groups excluding carboxylic acids is 1. The summed E-state index contributed by atoms with van der Waals surface area (Å²) in [6.07, 6.45) is 1.05. The molecule has 0 aromatic heterocycles. The van der Waals surface area contributed by atoms with Crippen molar-refractivity contribution in [3.8, 4) is 0 Å². The van der Waals surface area contributed by atoms with Crippen molar-refractivity contribution in [3.05, 3.63) is 35.4 Å². The maximum absolute atomic E-state index is 12.4.